The van der Waals surface area contributed by atoms with Crippen LogP contribution in [0, 0.1) is 6.92 Å². The predicted molar refractivity (Wildman–Crippen MR) is 105 cm³/mol. The Balaban J connectivity index is 1.22. The Kier molecular flexibility index (Phi) is 5.51. The molecule has 0 radical (unpaired) electrons. The maximum atomic E-state index is 4.55. The topological polar surface area (TPSA) is 51.3 Å². The van der Waals surface area contributed by atoms with Gasteiger partial charge in [0.15, 0.2) is 5.82 Å². The molecule has 1 atom stereocenters. The molecule has 1 aromatic carbocycles. The van der Waals surface area contributed by atoms with Gasteiger partial charge >= 0.3 is 0 Å². The third kappa shape index (κ3) is 4.24. The van der Waals surface area contributed by atoms with Crippen LogP contribution in [0.25, 0.3) is 0 Å². The van der Waals surface area contributed by atoms with Crippen LogP contribution < -0.4 is 4.90 Å². The summed E-state index contributed by atoms with van der Waals surface area (Å²) in [5.41, 5.74) is 1.35. The Bertz CT molecular complexity index is 677. The highest BCUT2D eigenvalue weighted by Crippen LogP contribution is 2.24. The molecule has 140 valence electrons. The number of hydrogen-bond acceptors (Lipinski definition) is 5. The summed E-state index contributed by atoms with van der Waals surface area (Å²) >= 11 is 0. The van der Waals surface area contributed by atoms with Gasteiger partial charge in [-0.2, -0.15) is 5.10 Å². The van der Waals surface area contributed by atoms with E-state index in [1.54, 1.807) is 0 Å². The van der Waals surface area contributed by atoms with E-state index in [1.165, 1.54) is 31.6 Å². The number of nitrogens with one attached hydrogen (secondary N) is 1. The number of anilines is 1. The van der Waals surface area contributed by atoms with Gasteiger partial charge in [-0.1, -0.05) is 18.2 Å². The molecule has 2 saturated heterocycles. The van der Waals surface area contributed by atoms with E-state index in [0.29, 0.717) is 5.92 Å². The second-order valence-corrected chi connectivity index (χ2v) is 7.58. The molecule has 0 amide bonds. The molecule has 0 aliphatic carbocycles. The molecule has 2 aromatic rings. The Morgan fingerprint density at radius 1 is 1.00 bits per heavy atom. The fourth-order valence-electron chi connectivity index (χ4n) is 4.16. The zero-order chi connectivity index (χ0) is 17.8. The van der Waals surface area contributed by atoms with E-state index in [9.17, 15) is 0 Å². The molecule has 1 aromatic heterocycles. The molecule has 0 saturated carbocycles. The van der Waals surface area contributed by atoms with Crippen LogP contribution >= 0.6 is 0 Å². The van der Waals surface area contributed by atoms with E-state index in [-0.39, 0.29) is 0 Å². The molecule has 26 heavy (non-hydrogen) atoms. The molecule has 0 bridgehead atoms. The van der Waals surface area contributed by atoms with Crippen molar-refractivity contribution in [2.45, 2.75) is 25.7 Å². The summed E-state index contributed by atoms with van der Waals surface area (Å²) in [6.07, 6.45) is 2.46. The lowest BCUT2D eigenvalue weighted by molar-refractivity contribution is 0.164. The summed E-state index contributed by atoms with van der Waals surface area (Å²) in [7, 11) is 0. The summed E-state index contributed by atoms with van der Waals surface area (Å²) < 4.78 is 0. The van der Waals surface area contributed by atoms with Crippen molar-refractivity contribution >= 4 is 5.69 Å². The van der Waals surface area contributed by atoms with Crippen LogP contribution in [0.3, 0.4) is 0 Å². The third-order valence-electron chi connectivity index (χ3n) is 5.71. The molecule has 2 aliphatic heterocycles. The van der Waals surface area contributed by atoms with Crippen LogP contribution in [0.2, 0.25) is 0 Å². The summed E-state index contributed by atoms with van der Waals surface area (Å²) in [6, 6.07) is 10.8. The molecule has 3 heterocycles. The van der Waals surface area contributed by atoms with Gasteiger partial charge in [-0.3, -0.25) is 10.00 Å². The summed E-state index contributed by atoms with van der Waals surface area (Å²) in [5, 5.41) is 7.37. The van der Waals surface area contributed by atoms with Crippen molar-refractivity contribution in [2.24, 2.45) is 0 Å². The minimum absolute atomic E-state index is 0.489. The maximum absolute atomic E-state index is 4.55. The monoisotopic (exact) mass is 354 g/mol. The number of para-hydroxylation sites is 1. The first-order chi connectivity index (χ1) is 12.8. The molecular weight excluding hydrogens is 324 g/mol. The number of hydrogen-bond donors (Lipinski definition) is 1. The number of benzene rings is 1. The Hall–Kier alpha value is -1.92. The number of aryl methyl sites for hydroxylation is 1. The van der Waals surface area contributed by atoms with E-state index < -0.39 is 0 Å². The molecule has 0 unspecified atom stereocenters. The summed E-state index contributed by atoms with van der Waals surface area (Å²) in [5.74, 6) is 2.42. The molecule has 2 aliphatic rings. The number of rotatable bonds is 5. The highest BCUT2D eigenvalue weighted by molar-refractivity contribution is 5.46. The van der Waals surface area contributed by atoms with Crippen LogP contribution in [0.5, 0.6) is 0 Å². The minimum atomic E-state index is 0.489. The zero-order valence-corrected chi connectivity index (χ0v) is 15.8. The molecule has 1 N–H and O–H groups in total. The Morgan fingerprint density at radius 3 is 2.50 bits per heavy atom. The molecule has 0 spiro atoms. The second kappa shape index (κ2) is 8.18. The quantitative estimate of drug-likeness (QED) is 0.891. The molecule has 6 nitrogen and oxygen atoms in total. The van der Waals surface area contributed by atoms with Crippen LogP contribution in [-0.2, 0) is 0 Å². The van der Waals surface area contributed by atoms with Gasteiger partial charge in [-0.05, 0) is 38.4 Å². The average Bonchev–Trinajstić information content (AvgIpc) is 3.14. The van der Waals surface area contributed by atoms with Crippen molar-refractivity contribution < 1.29 is 0 Å². The van der Waals surface area contributed by atoms with Gasteiger partial charge in [0.05, 0.1) is 0 Å². The van der Waals surface area contributed by atoms with Crippen molar-refractivity contribution in [3.8, 4) is 0 Å². The first kappa shape index (κ1) is 17.5. The number of aromatic amines is 1. The molecule has 4 rings (SSSR count). The highest BCUT2D eigenvalue weighted by Gasteiger charge is 2.25. The van der Waals surface area contributed by atoms with Gasteiger partial charge in [0.1, 0.15) is 5.82 Å². The Morgan fingerprint density at radius 2 is 1.77 bits per heavy atom. The Labute approximate surface area is 156 Å². The van der Waals surface area contributed by atoms with Crippen LogP contribution in [0.4, 0.5) is 5.69 Å². The van der Waals surface area contributed by atoms with Gasteiger partial charge in [0, 0.05) is 57.4 Å². The number of aromatic nitrogens is 3. The largest absolute Gasteiger partial charge is 0.369 e. The molecular formula is C20H30N6. The fourth-order valence-corrected chi connectivity index (χ4v) is 4.16. The minimum Gasteiger partial charge on any atom is -0.369 e. The van der Waals surface area contributed by atoms with E-state index in [2.05, 4.69) is 60.2 Å². The van der Waals surface area contributed by atoms with Crippen LogP contribution in [0.15, 0.2) is 30.3 Å². The van der Waals surface area contributed by atoms with E-state index in [1.807, 2.05) is 6.92 Å². The maximum Gasteiger partial charge on any atom is 0.155 e. The number of piperazine rings is 1. The first-order valence-corrected chi connectivity index (χ1v) is 9.91. The van der Waals surface area contributed by atoms with Crippen molar-refractivity contribution in [3.05, 3.63) is 42.0 Å². The summed E-state index contributed by atoms with van der Waals surface area (Å²) in [4.78, 5) is 12.3. The van der Waals surface area contributed by atoms with E-state index in [0.717, 1.165) is 50.9 Å². The third-order valence-corrected chi connectivity index (χ3v) is 5.71. The fraction of sp³-hybridized carbons (Fsp3) is 0.600. The van der Waals surface area contributed by atoms with E-state index in [4.69, 9.17) is 0 Å². The smallest absolute Gasteiger partial charge is 0.155 e. The molecule has 6 heteroatoms. The lowest BCUT2D eigenvalue weighted by atomic mass is 9.97. The van der Waals surface area contributed by atoms with Crippen LogP contribution in [0.1, 0.15) is 30.4 Å². The number of piperidine rings is 1. The number of likely N-dealkylation sites (tertiary alicyclic amines) is 1. The van der Waals surface area contributed by atoms with Gasteiger partial charge < -0.3 is 9.80 Å². The lowest BCUT2D eigenvalue weighted by Gasteiger charge is -2.38. The lowest BCUT2D eigenvalue weighted by Crippen LogP contribution is -2.49. The van der Waals surface area contributed by atoms with Crippen LogP contribution in [-0.4, -0.2) is 77.3 Å². The molecule has 2 fully saturated rings. The summed E-state index contributed by atoms with van der Waals surface area (Å²) in [6.45, 7) is 11.2. The SMILES string of the molecule is Cc1nc([C@@H]2CCCN(CCN3CCN(c4ccccc4)CC3)C2)n[nH]1. The van der Waals surface area contributed by atoms with Gasteiger partial charge in [0.25, 0.3) is 0 Å². The predicted octanol–water partition coefficient (Wildman–Crippen LogP) is 2.11. The first-order valence-electron chi connectivity index (χ1n) is 9.91. The van der Waals surface area contributed by atoms with Crippen molar-refractivity contribution in [3.63, 3.8) is 0 Å². The van der Waals surface area contributed by atoms with Crippen molar-refractivity contribution in [2.75, 3.05) is 57.3 Å². The normalized spacial score (nSPS) is 22.7. The highest BCUT2D eigenvalue weighted by atomic mass is 15.3. The van der Waals surface area contributed by atoms with Gasteiger partial charge in [0.2, 0.25) is 0 Å². The van der Waals surface area contributed by atoms with Crippen molar-refractivity contribution in [1.82, 2.24) is 25.0 Å². The van der Waals surface area contributed by atoms with E-state index >= 15 is 0 Å². The number of H-pyrrole nitrogens is 1. The second-order valence-electron chi connectivity index (χ2n) is 7.58. The number of nitrogens with zero attached hydrogens (tertiary/aromatic N) is 5. The van der Waals surface area contributed by atoms with Gasteiger partial charge in [-0.15, -0.1) is 0 Å². The standard InChI is InChI=1S/C20H30N6/c1-17-21-20(23-22-17)18-6-5-9-25(16-18)11-10-24-12-14-26(15-13-24)19-7-3-2-4-8-19/h2-4,7-8,18H,5-6,9-16H2,1H3,(H,21,22,23)/t18-/m1/s1. The average molecular weight is 355 g/mol. The van der Waals surface area contributed by atoms with Crippen molar-refractivity contribution in [1.29, 1.82) is 0 Å². The van der Waals surface area contributed by atoms with Gasteiger partial charge in [-0.25, -0.2) is 4.98 Å². The zero-order valence-electron chi connectivity index (χ0n) is 15.8.